The number of rotatable bonds is 26. The van der Waals surface area contributed by atoms with Crippen molar-refractivity contribution in [2.45, 2.75) is 285 Å². The lowest BCUT2D eigenvalue weighted by atomic mass is 9.49. The molecule has 6 saturated heterocycles. The molecule has 9 aliphatic rings. The zero-order chi connectivity index (χ0) is 105. The highest BCUT2D eigenvalue weighted by Gasteiger charge is 2.64. The van der Waals surface area contributed by atoms with Gasteiger partial charge in [-0.25, -0.2) is 17.6 Å². The van der Waals surface area contributed by atoms with Crippen molar-refractivity contribution in [3.63, 3.8) is 0 Å². The number of aliphatic hydroxyl groups is 3. The molecule has 5 aromatic heterocycles. The van der Waals surface area contributed by atoms with Gasteiger partial charge in [0.1, 0.15) is 63.5 Å². The normalized spacial score (nSPS) is 22.2. The summed E-state index contributed by atoms with van der Waals surface area (Å²) in [4.78, 5) is 67.1. The number of amides is 3. The lowest BCUT2D eigenvalue weighted by molar-refractivity contribution is -0.0511. The number of nitriles is 3. The second kappa shape index (κ2) is 44.9. The van der Waals surface area contributed by atoms with E-state index in [2.05, 4.69) is 102 Å². The van der Waals surface area contributed by atoms with E-state index in [-0.39, 0.29) is 100 Å². The Kier molecular flexibility index (Phi) is 34.7. The first-order valence-corrected chi connectivity index (χ1v) is 50.7. The Bertz CT molecular complexity index is 6030. The van der Waals surface area contributed by atoms with Gasteiger partial charge in [0.05, 0.1) is 111 Å². The smallest absolute Gasteiger partial charge is 0.492 e. The van der Waals surface area contributed by atoms with E-state index >= 15 is 0 Å². The highest BCUT2D eigenvalue weighted by atomic mass is 79.9. The Morgan fingerprint density at radius 3 is 1.08 bits per heavy atom. The first-order valence-electron chi connectivity index (χ1n) is 49.1. The van der Waals surface area contributed by atoms with Crippen LogP contribution in [0, 0.1) is 34.0 Å². The average molecular weight is 2100 g/mol. The maximum Gasteiger partial charge on any atom is 0.495 e. The predicted octanol–water partition coefficient (Wildman–Crippen LogP) is 14.9. The van der Waals surface area contributed by atoms with E-state index in [1.807, 2.05) is 179 Å². The summed E-state index contributed by atoms with van der Waals surface area (Å²) >= 11 is 6.63. The molecule has 3 N–H and O–H groups in total. The van der Waals surface area contributed by atoms with Crippen molar-refractivity contribution in [3.05, 3.63) is 190 Å². The minimum atomic E-state index is -2.76. The van der Waals surface area contributed by atoms with Crippen LogP contribution in [0.2, 0.25) is 0 Å². The Morgan fingerprint density at radius 2 is 0.755 bits per heavy atom. The number of halogens is 6. The van der Waals surface area contributed by atoms with Crippen molar-refractivity contribution < 1.29 is 89.4 Å². The molecule has 17 rings (SSSR count). The molecule has 40 heteroatoms. The van der Waals surface area contributed by atoms with Gasteiger partial charge < -0.3 is 72.2 Å². The lowest BCUT2D eigenvalue weighted by Crippen LogP contribution is -2.58. The summed E-state index contributed by atoms with van der Waals surface area (Å²) in [5.74, 6) is 1.12. The number of likely N-dealkylation sites (tertiary alicyclic amines) is 3. The third kappa shape index (κ3) is 23.7. The second-order valence-electron chi connectivity index (χ2n) is 40.9. The SMILES string of the molecule is CC1(C)OB(B2OC(C)(C)C(C)(C)O2)OC1(C)C.CCOc1cc(C(C)N2CCc3c(B4OC(C)(C)C(C)(C)O4)cc(CCN4C[C@@H](O)[C@H]4C)cc3C2=O)ncc1C#N.CCOc1cc(C(C)N2CCc3c(Br)cc(CCN4C[C@@H](O)[C@H]4C)cc3C2=O)ncc1C#N.CCOc1cc([C@H](C)N2CCc3c(cc(CCN4C[C@@H](O)[C@H]4C)cc3-c3cn(C)nc3C(F)F)C2=O)ncc1C#N.Cn1cc(Br)c(C(F)F)n1. The van der Waals surface area contributed by atoms with Gasteiger partial charge in [-0.05, 0) is 269 Å². The monoisotopic (exact) mass is 2100 g/mol. The molecule has 0 spiro atoms. The maximum absolute atomic E-state index is 14.1. The van der Waals surface area contributed by atoms with Crippen LogP contribution in [0.5, 0.6) is 17.2 Å². The molecule has 2 unspecified atom stereocenters. The summed E-state index contributed by atoms with van der Waals surface area (Å²) in [7, 11) is 1.69. The van der Waals surface area contributed by atoms with Gasteiger partial charge in [0.15, 0.2) is 0 Å². The number of carbonyl (C=O) groups excluding carboxylic acids is 3. The van der Waals surface area contributed by atoms with Gasteiger partial charge in [-0.1, -0.05) is 28.1 Å². The fraction of sp³-hybridized carbons (Fsp3) is 0.563. The molecule has 143 heavy (non-hydrogen) atoms. The van der Waals surface area contributed by atoms with Crippen LogP contribution in [0.4, 0.5) is 17.6 Å². The molecule has 9 atom stereocenters. The predicted molar refractivity (Wildman–Crippen MR) is 540 cm³/mol. The summed E-state index contributed by atoms with van der Waals surface area (Å²) < 4.78 is 110. The van der Waals surface area contributed by atoms with Gasteiger partial charge in [0.25, 0.3) is 30.6 Å². The summed E-state index contributed by atoms with van der Waals surface area (Å²) in [6, 6.07) is 23.0. The number of fused-ring (bicyclic) bond motifs is 3. The third-order valence-corrected chi connectivity index (χ3v) is 31.5. The minimum Gasteiger partial charge on any atom is -0.492 e. The lowest BCUT2D eigenvalue weighted by Gasteiger charge is -2.43. The zero-order valence-corrected chi connectivity index (χ0v) is 89.2. The molecule has 766 valence electrons. The highest BCUT2D eigenvalue weighted by Crippen LogP contribution is 2.46. The van der Waals surface area contributed by atoms with Crippen LogP contribution in [-0.4, -0.2) is 267 Å². The molecule has 3 aromatic carbocycles. The fourth-order valence-corrected chi connectivity index (χ4v) is 20.0. The van der Waals surface area contributed by atoms with Gasteiger partial charge in [-0.2, -0.15) is 26.0 Å². The van der Waals surface area contributed by atoms with E-state index in [1.54, 1.807) is 43.4 Å². The summed E-state index contributed by atoms with van der Waals surface area (Å²) in [6.45, 7) is 48.8. The van der Waals surface area contributed by atoms with Crippen molar-refractivity contribution in [1.29, 1.82) is 15.8 Å². The summed E-state index contributed by atoms with van der Waals surface area (Å²) in [5.41, 5.74) is 9.59. The molecule has 8 aromatic rings. The molecule has 0 saturated carbocycles. The topological polar surface area (TPSA) is 360 Å². The first kappa shape index (κ1) is 110. The van der Waals surface area contributed by atoms with Crippen LogP contribution in [-0.2, 0) is 80.5 Å². The van der Waals surface area contributed by atoms with Crippen LogP contribution in [0.3, 0.4) is 0 Å². The number of alkyl halides is 4. The van der Waals surface area contributed by atoms with Gasteiger partial charge in [-0.3, -0.25) is 53.4 Å². The Hall–Kier alpha value is -9.80. The quantitative estimate of drug-likeness (QED) is 0.0335. The number of hydrogen-bond acceptors (Lipinski definition) is 26. The maximum atomic E-state index is 14.1. The number of benzene rings is 3. The van der Waals surface area contributed by atoms with Gasteiger partial charge in [0.2, 0.25) is 0 Å². The number of ether oxygens (including phenoxy) is 3. The second-order valence-corrected chi connectivity index (χ2v) is 42.7. The summed E-state index contributed by atoms with van der Waals surface area (Å²) in [6.07, 6.45) is 5.48. The average Bonchev–Trinajstić information content (AvgIpc) is 1.52. The number of pyridine rings is 3. The molecular weight excluding hydrogens is 1970 g/mol. The Balaban J connectivity index is 0.000000159. The highest BCUT2D eigenvalue weighted by molar-refractivity contribution is 9.10. The molecule has 31 nitrogen and oxygen atoms in total. The van der Waals surface area contributed by atoms with E-state index in [1.165, 1.54) is 34.2 Å². The number of aryl methyl sites for hydroxylation is 2. The van der Waals surface area contributed by atoms with E-state index in [0.717, 1.165) is 81.2 Å². The van der Waals surface area contributed by atoms with Crippen LogP contribution in [0.1, 0.15) is 286 Å². The van der Waals surface area contributed by atoms with E-state index in [9.17, 15) is 63.1 Å². The zero-order valence-electron chi connectivity index (χ0n) is 86.1. The third-order valence-electron chi connectivity index (χ3n) is 30.2. The van der Waals surface area contributed by atoms with Crippen LogP contribution < -0.4 is 19.7 Å². The Morgan fingerprint density at radius 1 is 0.441 bits per heavy atom. The molecule has 9 aliphatic heterocycles. The van der Waals surface area contributed by atoms with Crippen molar-refractivity contribution in [1.82, 2.24) is 63.9 Å². The molecule has 14 heterocycles. The number of aliphatic hydroxyl groups excluding tert-OH is 3. The number of carbonyl (C=O) groups is 3. The van der Waals surface area contributed by atoms with E-state index in [4.69, 9.17) is 42.1 Å². The molecule has 0 aliphatic carbocycles. The summed E-state index contributed by atoms with van der Waals surface area (Å²) in [5, 5.41) is 65.3. The standard InChI is InChI=1S/C31H41BN4O5.C30H34F2N6O3.C25H29BrN4O3.C12H24B2O4.C5H5BrF2N2/c1-8-39-28-15-26(34-17-22(28)16-33)19(2)36-12-10-23-24(29(36)38)13-21(9-11-35-18-27(37)20(35)3)14-25(23)32-40-30(4,5)31(6,7)41-32;1-5-41-27-12-25(34-14-20(27)13-33)17(2)38-9-7-21-22(24-15-36(4)35-28(24)29(31)32)10-19(11-23(21)30(38)40)6-8-37-16-26(39)18(37)3;1-4-33-24-11-22(28-13-18(24)12-27)15(2)30-8-6-19-20(25(30)32)9-17(10-21(19)26)5-7-29-14-23(31)16(29)3;1-9(2)10(3,4)16-13(15-9)14-17-11(5,6)12(7,8)18-14;1-10-2-3(6)4(9-10)5(7)8/h13-15,17,19-20,27,37H,8-12,18H2,1-7H3;10-12,14-15,17-18,26,29,39H,5-9,16H2,1-4H3;9-11,13,15-16,23,31H,4-8,14H2,1-3H3;1-8H3;2,5H,1H3/t19?,20-,27-;17-,18+,26+;15?,16-,23-;;/m101../s1. The number of β-amino-alcohol motifs (C(OH)–C–C–N with tert-alkyl or cyclic N) is 3. The van der Waals surface area contributed by atoms with E-state index in [0.29, 0.717) is 163 Å². The van der Waals surface area contributed by atoms with E-state index < -0.39 is 51.2 Å². The molecule has 0 bridgehead atoms. The number of nitrogens with zero attached hydrogens (tertiary/aromatic N) is 16. The minimum absolute atomic E-state index is 0.0110. The molecule has 3 amide bonds. The number of aromatic nitrogens is 7. The fourth-order valence-electron chi connectivity index (χ4n) is 18.8. The molecule has 0 radical (unpaired) electrons. The van der Waals surface area contributed by atoms with Crippen molar-refractivity contribution in [3.8, 4) is 46.6 Å². The van der Waals surface area contributed by atoms with Crippen molar-refractivity contribution in [2.24, 2.45) is 14.1 Å². The van der Waals surface area contributed by atoms with Crippen LogP contribution in [0.15, 0.2) is 94.5 Å². The van der Waals surface area contributed by atoms with Gasteiger partial charge in [-0.15, -0.1) is 0 Å². The van der Waals surface area contributed by atoms with Gasteiger partial charge in [0, 0.05) is 167 Å². The molecule has 6 fully saturated rings. The van der Waals surface area contributed by atoms with Crippen LogP contribution >= 0.6 is 31.9 Å². The van der Waals surface area contributed by atoms with Crippen molar-refractivity contribution in [2.75, 3.05) is 78.7 Å². The van der Waals surface area contributed by atoms with Gasteiger partial charge >= 0.3 is 21.1 Å². The number of hydrogen-bond donors (Lipinski definition) is 3. The first-order chi connectivity index (χ1) is 67.3. The van der Waals surface area contributed by atoms with Crippen LogP contribution in [0.25, 0.3) is 11.1 Å². The largest absolute Gasteiger partial charge is 0.495 e. The Labute approximate surface area is 854 Å². The molecular formula is C103H133B3Br2F4N16O15. The van der Waals surface area contributed by atoms with Crippen molar-refractivity contribution >= 4 is 76.2 Å².